The van der Waals surface area contributed by atoms with E-state index in [1.807, 2.05) is 6.07 Å². The summed E-state index contributed by atoms with van der Waals surface area (Å²) in [7, 11) is 2.66. The normalized spacial score (nSPS) is 11.8. The molecule has 1 aromatic rings. The van der Waals surface area contributed by atoms with E-state index < -0.39 is 0 Å². The molecule has 0 aliphatic heterocycles. The Labute approximate surface area is 81.8 Å². The molecule has 0 N–H and O–H groups in total. The van der Waals surface area contributed by atoms with Gasteiger partial charge in [-0.15, -0.1) is 9.24 Å². The molecule has 0 aliphatic rings. The van der Waals surface area contributed by atoms with Crippen molar-refractivity contribution in [3.8, 4) is 0 Å². The summed E-state index contributed by atoms with van der Waals surface area (Å²) in [5, 5.41) is 1.09. The lowest BCUT2D eigenvalue weighted by Crippen LogP contribution is -2.22. The van der Waals surface area contributed by atoms with Gasteiger partial charge in [0, 0.05) is 0 Å². The fraction of sp³-hybridized carbons (Fsp3) is 0.455. The molecule has 0 aromatic heterocycles. The largest absolute Gasteiger partial charge is 0.207 e. The monoisotopic (exact) mass is 198 g/mol. The van der Waals surface area contributed by atoms with Crippen LogP contribution in [0, 0.1) is 5.82 Å². The van der Waals surface area contributed by atoms with E-state index in [-0.39, 0.29) is 11.2 Å². The molecule has 1 rings (SSSR count). The molecule has 0 nitrogen and oxygen atoms in total. The molecule has 0 bridgehead atoms. The maximum atomic E-state index is 13.0. The molecule has 72 valence electrons. The third-order valence-corrected chi connectivity index (χ3v) is 3.13. The minimum absolute atomic E-state index is 0.0547. The molecular weight excluding hydrogens is 182 g/mol. The number of halogens is 1. The molecule has 0 aliphatic carbocycles. The van der Waals surface area contributed by atoms with Crippen molar-refractivity contribution >= 4 is 14.5 Å². The third kappa shape index (κ3) is 2.28. The molecule has 0 radical (unpaired) electrons. The maximum Gasteiger partial charge on any atom is 0.123 e. The van der Waals surface area contributed by atoms with E-state index in [0.717, 1.165) is 17.3 Å². The van der Waals surface area contributed by atoms with E-state index in [2.05, 4.69) is 30.0 Å². The lowest BCUT2D eigenvalue weighted by atomic mass is 9.82. The van der Waals surface area contributed by atoms with Gasteiger partial charge < -0.3 is 0 Å². The number of hydrogen-bond acceptors (Lipinski definition) is 0. The molecule has 0 heterocycles. The highest BCUT2D eigenvalue weighted by atomic mass is 31.0. The summed E-state index contributed by atoms with van der Waals surface area (Å²) in [6, 6.07) is 4.94. The van der Waals surface area contributed by atoms with Crippen LogP contribution in [0.1, 0.15) is 32.8 Å². The maximum absolute atomic E-state index is 13.0. The van der Waals surface area contributed by atoms with Gasteiger partial charge >= 0.3 is 0 Å². The van der Waals surface area contributed by atoms with Crippen molar-refractivity contribution in [1.82, 2.24) is 0 Å². The summed E-state index contributed by atoms with van der Waals surface area (Å²) < 4.78 is 13.0. The van der Waals surface area contributed by atoms with E-state index in [1.54, 1.807) is 6.07 Å². The van der Waals surface area contributed by atoms with Gasteiger partial charge in [-0.05, 0) is 34.8 Å². The standard InChI is InChI=1S/C11H16FP/c1-4-11(2,3)9-7-8(12)5-6-10(9)13/h5-7H,4,13H2,1-3H3. The van der Waals surface area contributed by atoms with Gasteiger partial charge in [-0.2, -0.15) is 0 Å². The second kappa shape index (κ2) is 3.75. The van der Waals surface area contributed by atoms with Crippen LogP contribution < -0.4 is 5.30 Å². The van der Waals surface area contributed by atoms with Crippen LogP contribution >= 0.6 is 9.24 Å². The molecular formula is C11H16FP. The van der Waals surface area contributed by atoms with Crippen molar-refractivity contribution in [3.63, 3.8) is 0 Å². The molecule has 2 heteroatoms. The minimum Gasteiger partial charge on any atom is -0.207 e. The molecule has 1 atom stereocenters. The van der Waals surface area contributed by atoms with Gasteiger partial charge in [0.05, 0.1) is 0 Å². The van der Waals surface area contributed by atoms with Gasteiger partial charge in [0.2, 0.25) is 0 Å². The van der Waals surface area contributed by atoms with E-state index >= 15 is 0 Å². The summed E-state index contributed by atoms with van der Waals surface area (Å²) in [4.78, 5) is 0. The van der Waals surface area contributed by atoms with Crippen LogP contribution in [0.15, 0.2) is 18.2 Å². The summed E-state index contributed by atoms with van der Waals surface area (Å²) in [5.41, 5.74) is 1.14. The molecule has 0 amide bonds. The van der Waals surface area contributed by atoms with Gasteiger partial charge in [0.15, 0.2) is 0 Å². The predicted octanol–water partition coefficient (Wildman–Crippen LogP) is 3.01. The van der Waals surface area contributed by atoms with Crippen LogP contribution in [0.5, 0.6) is 0 Å². The summed E-state index contributed by atoms with van der Waals surface area (Å²) in [6.45, 7) is 6.39. The van der Waals surface area contributed by atoms with Crippen molar-refractivity contribution in [3.05, 3.63) is 29.6 Å². The molecule has 1 aromatic carbocycles. The Bertz CT molecular complexity index is 305. The van der Waals surface area contributed by atoms with Crippen molar-refractivity contribution < 1.29 is 4.39 Å². The van der Waals surface area contributed by atoms with Crippen LogP contribution in [0.25, 0.3) is 0 Å². The smallest absolute Gasteiger partial charge is 0.123 e. The van der Waals surface area contributed by atoms with E-state index in [0.29, 0.717) is 0 Å². The van der Waals surface area contributed by atoms with Crippen LogP contribution in [0.4, 0.5) is 4.39 Å². The van der Waals surface area contributed by atoms with Gasteiger partial charge in [0.1, 0.15) is 5.82 Å². The molecule has 1 unspecified atom stereocenters. The molecule has 0 fully saturated rings. The highest BCUT2D eigenvalue weighted by Gasteiger charge is 2.20. The highest BCUT2D eigenvalue weighted by Crippen LogP contribution is 2.26. The fourth-order valence-electron chi connectivity index (χ4n) is 1.31. The van der Waals surface area contributed by atoms with Gasteiger partial charge in [0.25, 0.3) is 0 Å². The van der Waals surface area contributed by atoms with Crippen molar-refractivity contribution in [2.24, 2.45) is 0 Å². The zero-order chi connectivity index (χ0) is 10.1. The summed E-state index contributed by atoms with van der Waals surface area (Å²) >= 11 is 0. The average Bonchev–Trinajstić information content (AvgIpc) is 2.09. The Morgan fingerprint density at radius 1 is 1.38 bits per heavy atom. The Balaban J connectivity index is 3.20. The van der Waals surface area contributed by atoms with Crippen LogP contribution in [-0.2, 0) is 5.41 Å². The zero-order valence-electron chi connectivity index (χ0n) is 8.39. The van der Waals surface area contributed by atoms with E-state index in [4.69, 9.17) is 0 Å². The second-order valence-electron chi connectivity index (χ2n) is 3.97. The number of benzene rings is 1. The predicted molar refractivity (Wildman–Crippen MR) is 59.1 cm³/mol. The quantitative estimate of drug-likeness (QED) is 0.641. The molecule has 0 saturated carbocycles. The van der Waals surface area contributed by atoms with Crippen molar-refractivity contribution in [2.45, 2.75) is 32.6 Å². The summed E-state index contributed by atoms with van der Waals surface area (Å²) in [5.74, 6) is -0.150. The fourth-order valence-corrected chi connectivity index (χ4v) is 1.88. The highest BCUT2D eigenvalue weighted by molar-refractivity contribution is 7.27. The third-order valence-electron chi connectivity index (χ3n) is 2.63. The average molecular weight is 198 g/mol. The first kappa shape index (κ1) is 10.7. The number of hydrogen-bond donors (Lipinski definition) is 0. The van der Waals surface area contributed by atoms with Gasteiger partial charge in [-0.1, -0.05) is 26.8 Å². The Morgan fingerprint density at radius 3 is 2.54 bits per heavy atom. The first-order chi connectivity index (χ1) is 5.97. The van der Waals surface area contributed by atoms with Crippen molar-refractivity contribution in [1.29, 1.82) is 0 Å². The first-order valence-corrected chi connectivity index (χ1v) is 5.10. The van der Waals surface area contributed by atoms with E-state index in [9.17, 15) is 4.39 Å². The SMILES string of the molecule is CCC(C)(C)c1cc(F)ccc1P. The molecule has 0 saturated heterocycles. The number of rotatable bonds is 2. The second-order valence-corrected chi connectivity index (χ2v) is 4.59. The van der Waals surface area contributed by atoms with Gasteiger partial charge in [-0.3, -0.25) is 0 Å². The topological polar surface area (TPSA) is 0 Å². The minimum atomic E-state index is -0.150. The van der Waals surface area contributed by atoms with Crippen LogP contribution in [-0.4, -0.2) is 0 Å². The summed E-state index contributed by atoms with van der Waals surface area (Å²) in [6.07, 6.45) is 1.01. The lowest BCUT2D eigenvalue weighted by molar-refractivity contribution is 0.504. The van der Waals surface area contributed by atoms with Crippen molar-refractivity contribution in [2.75, 3.05) is 0 Å². The lowest BCUT2D eigenvalue weighted by Gasteiger charge is -2.25. The Morgan fingerprint density at radius 2 is 2.00 bits per heavy atom. The van der Waals surface area contributed by atoms with Crippen LogP contribution in [0.3, 0.4) is 0 Å². The van der Waals surface area contributed by atoms with Crippen LogP contribution in [0.2, 0.25) is 0 Å². The van der Waals surface area contributed by atoms with E-state index in [1.165, 1.54) is 6.07 Å². The first-order valence-electron chi connectivity index (χ1n) is 4.53. The molecule has 0 spiro atoms. The van der Waals surface area contributed by atoms with Gasteiger partial charge in [-0.25, -0.2) is 4.39 Å². The Hall–Kier alpha value is -0.420. The zero-order valence-corrected chi connectivity index (χ0v) is 9.55. The molecule has 13 heavy (non-hydrogen) atoms. The Kier molecular flexibility index (Phi) is 3.08.